The molecule has 1 N–H and O–H groups in total. The average Bonchev–Trinajstić information content (AvgIpc) is 2.75. The molecule has 1 aromatic carbocycles. The molecule has 1 aliphatic heterocycles. The predicted molar refractivity (Wildman–Crippen MR) is 90.2 cm³/mol. The van der Waals surface area contributed by atoms with Gasteiger partial charge in [-0.15, -0.1) is 0 Å². The monoisotopic (exact) mass is 380 g/mol. The van der Waals surface area contributed by atoms with Crippen LogP contribution in [0.15, 0.2) is 28.7 Å². The smallest absolute Gasteiger partial charge is 0.325 e. The lowest BCUT2D eigenvalue weighted by atomic mass is 9.73. The van der Waals surface area contributed by atoms with Gasteiger partial charge in [0.15, 0.2) is 0 Å². The molecular weight excluding hydrogens is 360 g/mol. The normalized spacial score (nSPS) is 27.4. The first-order valence-corrected chi connectivity index (χ1v) is 8.85. The van der Waals surface area contributed by atoms with Crippen LogP contribution in [0, 0.1) is 5.92 Å². The molecule has 5 nitrogen and oxygen atoms in total. The number of halogens is 1. The number of ether oxygens (including phenoxy) is 1. The summed E-state index contributed by atoms with van der Waals surface area (Å²) in [5.74, 6) is 0.809. The molecule has 1 saturated carbocycles. The van der Waals surface area contributed by atoms with Crippen LogP contribution in [0.3, 0.4) is 0 Å². The van der Waals surface area contributed by atoms with E-state index in [2.05, 4.69) is 28.2 Å². The zero-order valence-electron chi connectivity index (χ0n) is 13.2. The van der Waals surface area contributed by atoms with E-state index in [1.54, 1.807) is 0 Å². The molecule has 2 atom stereocenters. The first-order chi connectivity index (χ1) is 11.0. The highest BCUT2D eigenvalue weighted by Gasteiger charge is 2.54. The van der Waals surface area contributed by atoms with E-state index in [0.717, 1.165) is 30.2 Å². The molecule has 1 aliphatic carbocycles. The molecule has 6 heteroatoms. The Labute approximate surface area is 144 Å². The fourth-order valence-electron chi connectivity index (χ4n) is 3.51. The predicted octanol–water partition coefficient (Wildman–Crippen LogP) is 3.33. The molecule has 3 amide bonds. The second-order valence-electron chi connectivity index (χ2n) is 6.31. The lowest BCUT2D eigenvalue weighted by Gasteiger charge is -2.36. The molecule has 124 valence electrons. The summed E-state index contributed by atoms with van der Waals surface area (Å²) in [5, 5.41) is 2.95. The molecule has 2 fully saturated rings. The van der Waals surface area contributed by atoms with Crippen molar-refractivity contribution in [1.29, 1.82) is 0 Å². The van der Waals surface area contributed by atoms with Gasteiger partial charge in [0.1, 0.15) is 17.9 Å². The van der Waals surface area contributed by atoms with Crippen molar-refractivity contribution in [3.63, 3.8) is 0 Å². The summed E-state index contributed by atoms with van der Waals surface area (Å²) in [7, 11) is 0. The second-order valence-corrected chi connectivity index (χ2v) is 7.23. The van der Waals surface area contributed by atoms with Crippen molar-refractivity contribution in [2.75, 3.05) is 13.2 Å². The van der Waals surface area contributed by atoms with Gasteiger partial charge in [-0.2, -0.15) is 0 Å². The molecule has 1 heterocycles. The number of nitrogens with zero attached hydrogens (tertiary/aromatic N) is 1. The zero-order chi connectivity index (χ0) is 16.4. The zero-order valence-corrected chi connectivity index (χ0v) is 14.8. The van der Waals surface area contributed by atoms with Crippen molar-refractivity contribution >= 4 is 27.9 Å². The third-order valence-electron chi connectivity index (χ3n) is 4.88. The maximum absolute atomic E-state index is 12.8. The molecule has 0 aromatic heterocycles. The lowest BCUT2D eigenvalue weighted by molar-refractivity contribution is -0.134. The highest BCUT2D eigenvalue weighted by molar-refractivity contribution is 9.10. The van der Waals surface area contributed by atoms with Gasteiger partial charge < -0.3 is 10.1 Å². The van der Waals surface area contributed by atoms with Crippen molar-refractivity contribution in [2.45, 2.75) is 38.1 Å². The van der Waals surface area contributed by atoms with Crippen molar-refractivity contribution < 1.29 is 14.3 Å². The van der Waals surface area contributed by atoms with Crippen molar-refractivity contribution in [1.82, 2.24) is 10.2 Å². The molecule has 0 bridgehead atoms. The van der Waals surface area contributed by atoms with Crippen LogP contribution in [0.2, 0.25) is 0 Å². The van der Waals surface area contributed by atoms with Crippen molar-refractivity contribution in [2.24, 2.45) is 5.92 Å². The molecular formula is C17H21BrN2O3. The Morgan fingerprint density at radius 2 is 2.22 bits per heavy atom. The first kappa shape index (κ1) is 16.3. The molecule has 2 aliphatic rings. The first-order valence-electron chi connectivity index (χ1n) is 8.05. The Morgan fingerprint density at radius 3 is 2.96 bits per heavy atom. The van der Waals surface area contributed by atoms with Gasteiger partial charge in [0, 0.05) is 4.47 Å². The van der Waals surface area contributed by atoms with E-state index in [9.17, 15) is 9.59 Å². The van der Waals surface area contributed by atoms with Crippen LogP contribution in [0.1, 0.15) is 32.6 Å². The van der Waals surface area contributed by atoms with E-state index in [1.807, 2.05) is 24.3 Å². The van der Waals surface area contributed by atoms with E-state index in [1.165, 1.54) is 4.90 Å². The number of carbonyl (C=O) groups is 2. The van der Waals surface area contributed by atoms with Crippen LogP contribution < -0.4 is 10.1 Å². The van der Waals surface area contributed by atoms with Gasteiger partial charge in [-0.25, -0.2) is 4.79 Å². The van der Waals surface area contributed by atoms with Gasteiger partial charge >= 0.3 is 6.03 Å². The summed E-state index contributed by atoms with van der Waals surface area (Å²) in [6.07, 6.45) is 3.83. The third kappa shape index (κ3) is 3.09. The molecule has 2 unspecified atom stereocenters. The topological polar surface area (TPSA) is 58.6 Å². The van der Waals surface area contributed by atoms with E-state index < -0.39 is 5.54 Å². The fourth-order valence-corrected chi connectivity index (χ4v) is 3.89. The van der Waals surface area contributed by atoms with Crippen molar-refractivity contribution in [3.8, 4) is 5.75 Å². The van der Waals surface area contributed by atoms with Gasteiger partial charge in [-0.05, 0) is 37.0 Å². The summed E-state index contributed by atoms with van der Waals surface area (Å²) >= 11 is 3.39. The Kier molecular flexibility index (Phi) is 4.62. The van der Waals surface area contributed by atoms with Gasteiger partial charge in [0.05, 0.1) is 6.54 Å². The van der Waals surface area contributed by atoms with E-state index in [-0.39, 0.29) is 24.4 Å². The summed E-state index contributed by atoms with van der Waals surface area (Å²) < 4.78 is 6.57. The SMILES string of the molecule is CC1CCCCC12NC(=O)N(CCOc1cccc(Br)c1)C2=O. The Morgan fingerprint density at radius 1 is 1.39 bits per heavy atom. The van der Waals surface area contributed by atoms with Gasteiger partial charge in [0.2, 0.25) is 0 Å². The Hall–Kier alpha value is -1.56. The largest absolute Gasteiger partial charge is 0.492 e. The van der Waals surface area contributed by atoms with Crippen LogP contribution in [0.25, 0.3) is 0 Å². The highest BCUT2D eigenvalue weighted by Crippen LogP contribution is 2.38. The maximum atomic E-state index is 12.8. The fraction of sp³-hybridized carbons (Fsp3) is 0.529. The van der Waals surface area contributed by atoms with Crippen LogP contribution in [-0.4, -0.2) is 35.5 Å². The van der Waals surface area contributed by atoms with Gasteiger partial charge in [-0.1, -0.05) is 41.8 Å². The minimum Gasteiger partial charge on any atom is -0.492 e. The summed E-state index contributed by atoms with van der Waals surface area (Å²) in [6.45, 7) is 2.62. The summed E-state index contributed by atoms with van der Waals surface area (Å²) in [6, 6.07) is 7.21. The third-order valence-corrected chi connectivity index (χ3v) is 5.37. The number of hydrogen-bond acceptors (Lipinski definition) is 3. The van der Waals surface area contributed by atoms with Crippen LogP contribution in [-0.2, 0) is 4.79 Å². The highest BCUT2D eigenvalue weighted by atomic mass is 79.9. The molecule has 23 heavy (non-hydrogen) atoms. The minimum atomic E-state index is -0.689. The van der Waals surface area contributed by atoms with E-state index in [4.69, 9.17) is 4.74 Å². The number of amides is 3. The quantitative estimate of drug-likeness (QED) is 0.814. The Balaban J connectivity index is 1.62. The summed E-state index contributed by atoms with van der Waals surface area (Å²) in [4.78, 5) is 26.3. The van der Waals surface area contributed by atoms with E-state index in [0.29, 0.717) is 12.4 Å². The standard InChI is InChI=1S/C17H21BrN2O3/c1-12-5-2-3-8-17(12)15(21)20(16(22)19-17)9-10-23-14-7-4-6-13(18)11-14/h4,6-7,11-12H,2-3,5,8-10H2,1H3,(H,19,22). The molecule has 0 radical (unpaired) electrons. The van der Waals surface area contributed by atoms with Crippen LogP contribution in [0.5, 0.6) is 5.75 Å². The number of hydrogen-bond donors (Lipinski definition) is 1. The number of nitrogens with one attached hydrogen (secondary N) is 1. The number of imide groups is 1. The summed E-state index contributed by atoms with van der Waals surface area (Å²) in [5.41, 5.74) is -0.689. The molecule has 1 spiro atoms. The van der Waals surface area contributed by atoms with E-state index >= 15 is 0 Å². The van der Waals surface area contributed by atoms with Crippen LogP contribution in [0.4, 0.5) is 4.79 Å². The van der Waals surface area contributed by atoms with Gasteiger partial charge in [0.25, 0.3) is 5.91 Å². The molecule has 1 aromatic rings. The Bertz CT molecular complexity index is 622. The number of urea groups is 1. The average molecular weight is 381 g/mol. The second kappa shape index (κ2) is 6.51. The lowest BCUT2D eigenvalue weighted by Crippen LogP contribution is -2.54. The maximum Gasteiger partial charge on any atom is 0.325 e. The number of benzene rings is 1. The molecule has 1 saturated heterocycles. The molecule has 3 rings (SSSR count). The number of carbonyl (C=O) groups excluding carboxylic acids is 2. The van der Waals surface area contributed by atoms with Crippen molar-refractivity contribution in [3.05, 3.63) is 28.7 Å². The van der Waals surface area contributed by atoms with Crippen LogP contribution >= 0.6 is 15.9 Å². The minimum absolute atomic E-state index is 0.0902. The van der Waals surface area contributed by atoms with Gasteiger partial charge in [-0.3, -0.25) is 9.69 Å². The number of rotatable bonds is 4.